The third-order valence-electron chi connectivity index (χ3n) is 2.03. The van der Waals surface area contributed by atoms with Gasteiger partial charge in [-0.1, -0.05) is 0 Å². The summed E-state index contributed by atoms with van der Waals surface area (Å²) in [7, 11) is -2.49. The van der Waals surface area contributed by atoms with Crippen LogP contribution in [0.3, 0.4) is 0 Å². The number of rotatable bonds is 4. The molecule has 0 saturated heterocycles. The van der Waals surface area contributed by atoms with Gasteiger partial charge in [-0.05, 0) is 19.2 Å². The minimum absolute atomic E-state index is 0.0862. The van der Waals surface area contributed by atoms with Crippen molar-refractivity contribution in [2.75, 3.05) is 19.8 Å². The summed E-state index contributed by atoms with van der Waals surface area (Å²) >= 11 is 0. The molecule has 0 atom stereocenters. The molecule has 4 nitrogen and oxygen atoms in total. The van der Waals surface area contributed by atoms with E-state index in [1.54, 1.807) is 0 Å². The molecule has 0 saturated carbocycles. The predicted octanol–water partition coefficient (Wildman–Crippen LogP) is 0.770. The lowest BCUT2D eigenvalue weighted by Gasteiger charge is -2.05. The number of sulfone groups is 1. The lowest BCUT2D eigenvalue weighted by Crippen LogP contribution is -2.19. The van der Waals surface area contributed by atoms with E-state index in [4.69, 9.17) is 0 Å². The van der Waals surface area contributed by atoms with E-state index in [9.17, 15) is 22.0 Å². The summed E-state index contributed by atoms with van der Waals surface area (Å²) in [4.78, 5) is 10.3. The van der Waals surface area contributed by atoms with Gasteiger partial charge in [0.2, 0.25) is 0 Å². The summed E-state index contributed by atoms with van der Waals surface area (Å²) < 4.78 is 49.0. The van der Waals surface area contributed by atoms with E-state index in [0.29, 0.717) is 6.26 Å². The van der Waals surface area contributed by atoms with Crippen molar-refractivity contribution in [3.8, 4) is 0 Å². The van der Waals surface area contributed by atoms with Gasteiger partial charge in [0.05, 0.1) is 6.54 Å². The smallest absolute Gasteiger partial charge is 0.181 e. The molecule has 1 N–H and O–H groups in total. The topological polar surface area (TPSA) is 63.2 Å². The van der Waals surface area contributed by atoms with Crippen molar-refractivity contribution in [3.63, 3.8) is 0 Å². The van der Waals surface area contributed by atoms with Gasteiger partial charge in [-0.15, -0.1) is 0 Å². The van der Waals surface area contributed by atoms with Gasteiger partial charge in [0.15, 0.2) is 15.6 Å². The molecule has 0 heterocycles. The highest BCUT2D eigenvalue weighted by Gasteiger charge is 2.22. The van der Waals surface area contributed by atoms with Gasteiger partial charge < -0.3 is 5.32 Å². The third kappa shape index (κ3) is 3.07. The van der Waals surface area contributed by atoms with E-state index in [1.165, 1.54) is 7.05 Å². The molecule has 0 amide bonds. The Morgan fingerprint density at radius 1 is 1.29 bits per heavy atom. The highest BCUT2D eigenvalue weighted by atomic mass is 32.2. The van der Waals surface area contributed by atoms with E-state index in [-0.39, 0.29) is 12.1 Å². The van der Waals surface area contributed by atoms with Crippen LogP contribution in [0.2, 0.25) is 0 Å². The molecule has 0 aliphatic rings. The standard InChI is InChI=1S/C10H11F2NO3S/c1-13-5-9(14)6-3-7(11)10(8(12)4-6)17(2,15)16/h3-4,13H,5H2,1-2H3. The van der Waals surface area contributed by atoms with Gasteiger partial charge in [-0.25, -0.2) is 17.2 Å². The van der Waals surface area contributed by atoms with Crippen LogP contribution in [-0.2, 0) is 9.84 Å². The summed E-state index contributed by atoms with van der Waals surface area (Å²) in [6.07, 6.45) is 0.698. The summed E-state index contributed by atoms with van der Waals surface area (Å²) in [6.45, 7) is -0.0862. The van der Waals surface area contributed by atoms with Crippen molar-refractivity contribution in [2.45, 2.75) is 4.90 Å². The Kier molecular flexibility index (Phi) is 3.94. The quantitative estimate of drug-likeness (QED) is 0.815. The van der Waals surface area contributed by atoms with Gasteiger partial charge in [-0.2, -0.15) is 0 Å². The van der Waals surface area contributed by atoms with E-state index in [0.717, 1.165) is 12.1 Å². The van der Waals surface area contributed by atoms with Crippen LogP contribution in [0.5, 0.6) is 0 Å². The Bertz CT molecular complexity index is 532. The lowest BCUT2D eigenvalue weighted by molar-refractivity contribution is 0.0992. The molecular formula is C10H11F2NO3S. The number of carbonyl (C=O) groups is 1. The normalized spacial score (nSPS) is 11.5. The molecule has 1 aromatic rings. The summed E-state index contributed by atoms with van der Waals surface area (Å²) in [5.74, 6) is -3.04. The average molecular weight is 263 g/mol. The number of ketones is 1. The van der Waals surface area contributed by atoms with Gasteiger partial charge in [0.25, 0.3) is 0 Å². The van der Waals surface area contributed by atoms with Crippen LogP contribution in [0.15, 0.2) is 17.0 Å². The Hall–Kier alpha value is -1.34. The maximum Gasteiger partial charge on any atom is 0.181 e. The maximum absolute atomic E-state index is 13.4. The number of Topliss-reactive ketones (excluding diaryl/α,β-unsaturated/α-hetero) is 1. The Balaban J connectivity index is 3.33. The molecular weight excluding hydrogens is 252 g/mol. The summed E-state index contributed by atoms with van der Waals surface area (Å²) in [6, 6.07) is 1.44. The number of likely N-dealkylation sites (N-methyl/N-ethyl adjacent to an activating group) is 1. The zero-order valence-corrected chi connectivity index (χ0v) is 10.1. The molecule has 1 rings (SSSR count). The number of benzene rings is 1. The third-order valence-corrected chi connectivity index (χ3v) is 3.16. The van der Waals surface area contributed by atoms with Gasteiger partial charge in [0.1, 0.15) is 16.5 Å². The first-order valence-corrected chi connectivity index (χ1v) is 6.53. The SMILES string of the molecule is CNCC(=O)c1cc(F)c(S(C)(=O)=O)c(F)c1. The number of carbonyl (C=O) groups excluding carboxylic acids is 1. The molecule has 1 aromatic carbocycles. The Labute approximate surface area is 97.6 Å². The Morgan fingerprint density at radius 3 is 2.12 bits per heavy atom. The second-order valence-corrected chi connectivity index (χ2v) is 5.45. The zero-order chi connectivity index (χ0) is 13.2. The summed E-state index contributed by atoms with van der Waals surface area (Å²) in [5.41, 5.74) is -0.207. The molecule has 0 spiro atoms. The van der Waals surface area contributed by atoms with Crippen molar-refractivity contribution in [1.29, 1.82) is 0 Å². The molecule has 0 radical (unpaired) electrons. The van der Waals surface area contributed by atoms with Gasteiger partial charge >= 0.3 is 0 Å². The fourth-order valence-electron chi connectivity index (χ4n) is 1.34. The van der Waals surface area contributed by atoms with Crippen molar-refractivity contribution in [1.82, 2.24) is 5.32 Å². The number of nitrogens with one attached hydrogen (secondary N) is 1. The number of hydrogen-bond acceptors (Lipinski definition) is 4. The monoisotopic (exact) mass is 263 g/mol. The molecule has 0 aliphatic carbocycles. The molecule has 0 bridgehead atoms. The van der Waals surface area contributed by atoms with Crippen LogP contribution in [0.1, 0.15) is 10.4 Å². The van der Waals surface area contributed by atoms with Crippen molar-refractivity contribution >= 4 is 15.6 Å². The van der Waals surface area contributed by atoms with E-state index in [2.05, 4.69) is 5.32 Å². The average Bonchev–Trinajstić information content (AvgIpc) is 2.14. The molecule has 17 heavy (non-hydrogen) atoms. The molecule has 7 heteroatoms. The first kappa shape index (κ1) is 13.7. The molecule has 94 valence electrons. The number of hydrogen-bond donors (Lipinski definition) is 1. The van der Waals surface area contributed by atoms with Crippen molar-refractivity contribution < 1.29 is 22.0 Å². The highest BCUT2D eigenvalue weighted by molar-refractivity contribution is 7.90. The predicted molar refractivity (Wildman–Crippen MR) is 57.7 cm³/mol. The fourth-order valence-corrected chi connectivity index (χ4v) is 2.16. The van der Waals surface area contributed by atoms with Crippen LogP contribution in [0.4, 0.5) is 8.78 Å². The number of halogens is 2. The van der Waals surface area contributed by atoms with Gasteiger partial charge in [0, 0.05) is 11.8 Å². The first-order chi connectivity index (χ1) is 7.77. The Morgan fingerprint density at radius 2 is 1.76 bits per heavy atom. The van der Waals surface area contributed by atoms with Crippen molar-refractivity contribution in [3.05, 3.63) is 29.3 Å². The molecule has 0 fully saturated rings. The van der Waals surface area contributed by atoms with E-state index < -0.39 is 32.2 Å². The summed E-state index contributed by atoms with van der Waals surface area (Å²) in [5, 5.41) is 2.54. The van der Waals surface area contributed by atoms with Crippen LogP contribution in [0.25, 0.3) is 0 Å². The maximum atomic E-state index is 13.4. The lowest BCUT2D eigenvalue weighted by atomic mass is 10.1. The molecule has 0 aromatic heterocycles. The minimum Gasteiger partial charge on any atom is -0.313 e. The van der Waals surface area contributed by atoms with Crippen molar-refractivity contribution in [2.24, 2.45) is 0 Å². The van der Waals surface area contributed by atoms with Crippen LogP contribution in [-0.4, -0.2) is 34.0 Å². The van der Waals surface area contributed by atoms with E-state index >= 15 is 0 Å². The zero-order valence-electron chi connectivity index (χ0n) is 9.25. The van der Waals surface area contributed by atoms with Crippen LogP contribution >= 0.6 is 0 Å². The highest BCUT2D eigenvalue weighted by Crippen LogP contribution is 2.20. The second-order valence-electron chi connectivity index (χ2n) is 3.49. The largest absolute Gasteiger partial charge is 0.313 e. The van der Waals surface area contributed by atoms with Crippen LogP contribution < -0.4 is 5.32 Å². The first-order valence-electron chi connectivity index (χ1n) is 4.64. The fraction of sp³-hybridized carbons (Fsp3) is 0.300. The minimum atomic E-state index is -4.00. The molecule has 0 unspecified atom stereocenters. The van der Waals surface area contributed by atoms with Gasteiger partial charge in [-0.3, -0.25) is 4.79 Å². The second kappa shape index (κ2) is 4.89. The van der Waals surface area contributed by atoms with Crippen LogP contribution in [0, 0.1) is 11.6 Å². The van der Waals surface area contributed by atoms with E-state index in [1.807, 2.05) is 0 Å². The molecule has 0 aliphatic heterocycles.